The molecule has 0 bridgehead atoms. The van der Waals surface area contributed by atoms with Crippen LogP contribution in [-0.2, 0) is 0 Å². The number of nitrogens with zero attached hydrogens (tertiary/aromatic N) is 1. The highest BCUT2D eigenvalue weighted by molar-refractivity contribution is 7.80. The highest BCUT2D eigenvalue weighted by atomic mass is 32.1. The predicted molar refractivity (Wildman–Crippen MR) is 74.7 cm³/mol. The first-order chi connectivity index (χ1) is 9.08. The third-order valence-corrected chi connectivity index (χ3v) is 2.86. The number of amides is 1. The second-order valence-electron chi connectivity index (χ2n) is 3.78. The van der Waals surface area contributed by atoms with Crippen LogP contribution in [0.1, 0.15) is 10.4 Å². The lowest BCUT2D eigenvalue weighted by atomic mass is 10.2. The summed E-state index contributed by atoms with van der Waals surface area (Å²) in [5.41, 5.74) is 0.643. The van der Waals surface area contributed by atoms with Gasteiger partial charge in [-0.15, -0.1) is 12.6 Å². The number of nitrogens with one attached hydrogen (secondary N) is 1. The molecule has 0 saturated heterocycles. The van der Waals surface area contributed by atoms with Gasteiger partial charge in [-0.25, -0.2) is 0 Å². The van der Waals surface area contributed by atoms with Gasteiger partial charge in [0.25, 0.3) is 11.6 Å². The van der Waals surface area contributed by atoms with Gasteiger partial charge in [-0.3, -0.25) is 14.9 Å². The zero-order chi connectivity index (χ0) is 13.8. The number of carbonyl (C=O) groups excluding carboxylic acids is 1. The van der Waals surface area contributed by atoms with Crippen molar-refractivity contribution in [3.63, 3.8) is 0 Å². The molecule has 0 aromatic heterocycles. The average molecular weight is 274 g/mol. The van der Waals surface area contributed by atoms with Crippen molar-refractivity contribution in [1.29, 1.82) is 0 Å². The van der Waals surface area contributed by atoms with Crippen LogP contribution in [0, 0.1) is 10.1 Å². The Morgan fingerprint density at radius 1 is 1.16 bits per heavy atom. The maximum Gasteiger partial charge on any atom is 0.270 e. The van der Waals surface area contributed by atoms with E-state index in [2.05, 4.69) is 17.9 Å². The molecule has 19 heavy (non-hydrogen) atoms. The quantitative estimate of drug-likeness (QED) is 0.513. The Morgan fingerprint density at radius 3 is 2.47 bits per heavy atom. The maximum absolute atomic E-state index is 12.0. The van der Waals surface area contributed by atoms with E-state index < -0.39 is 10.8 Å². The summed E-state index contributed by atoms with van der Waals surface area (Å²) in [7, 11) is 0. The Hall–Kier alpha value is -2.34. The van der Waals surface area contributed by atoms with Gasteiger partial charge in [0.1, 0.15) is 0 Å². The second kappa shape index (κ2) is 5.53. The molecule has 2 rings (SSSR count). The molecule has 0 aliphatic rings. The number of carbonyl (C=O) groups is 1. The number of benzene rings is 2. The van der Waals surface area contributed by atoms with Gasteiger partial charge in [-0.05, 0) is 18.2 Å². The van der Waals surface area contributed by atoms with Crippen molar-refractivity contribution in [2.75, 3.05) is 5.32 Å². The van der Waals surface area contributed by atoms with E-state index >= 15 is 0 Å². The van der Waals surface area contributed by atoms with Gasteiger partial charge in [-0.2, -0.15) is 0 Å². The van der Waals surface area contributed by atoms with E-state index in [1.165, 1.54) is 18.2 Å². The van der Waals surface area contributed by atoms with Gasteiger partial charge >= 0.3 is 0 Å². The number of hydrogen-bond acceptors (Lipinski definition) is 4. The minimum absolute atomic E-state index is 0.143. The number of thiol groups is 1. The average Bonchev–Trinajstić information content (AvgIpc) is 2.40. The molecule has 0 aliphatic carbocycles. The minimum atomic E-state index is -0.549. The van der Waals surface area contributed by atoms with E-state index in [0.717, 1.165) is 0 Å². The van der Waals surface area contributed by atoms with Gasteiger partial charge < -0.3 is 5.32 Å². The highest BCUT2D eigenvalue weighted by Crippen LogP contribution is 2.21. The van der Waals surface area contributed by atoms with Crippen molar-refractivity contribution in [1.82, 2.24) is 0 Å². The van der Waals surface area contributed by atoms with Crippen LogP contribution in [-0.4, -0.2) is 10.8 Å². The summed E-state index contributed by atoms with van der Waals surface area (Å²) in [5.74, 6) is -0.431. The molecule has 0 unspecified atom stereocenters. The third-order valence-electron chi connectivity index (χ3n) is 2.47. The van der Waals surface area contributed by atoms with Crippen LogP contribution in [0.25, 0.3) is 0 Å². The van der Waals surface area contributed by atoms with E-state index in [9.17, 15) is 14.9 Å². The van der Waals surface area contributed by atoms with Gasteiger partial charge in [0.2, 0.25) is 0 Å². The monoisotopic (exact) mass is 274 g/mol. The zero-order valence-corrected chi connectivity index (χ0v) is 10.6. The number of non-ortho nitro benzene ring substituents is 1. The Bertz CT molecular complexity index is 629. The lowest BCUT2D eigenvalue weighted by Crippen LogP contribution is -2.12. The van der Waals surface area contributed by atoms with Crippen LogP contribution in [0.3, 0.4) is 0 Å². The lowest BCUT2D eigenvalue weighted by Gasteiger charge is -2.06. The Balaban J connectivity index is 2.28. The number of rotatable bonds is 3. The molecule has 2 aromatic rings. The normalized spacial score (nSPS) is 9.95. The van der Waals surface area contributed by atoms with Crippen molar-refractivity contribution in [3.8, 4) is 0 Å². The molecule has 5 nitrogen and oxygen atoms in total. The molecule has 1 N–H and O–H groups in total. The first-order valence-electron chi connectivity index (χ1n) is 5.42. The van der Waals surface area contributed by atoms with Crippen molar-refractivity contribution in [2.45, 2.75) is 4.90 Å². The minimum Gasteiger partial charge on any atom is -0.322 e. The molecule has 2 aromatic carbocycles. The fourth-order valence-electron chi connectivity index (χ4n) is 1.54. The van der Waals surface area contributed by atoms with Crippen molar-refractivity contribution in [2.24, 2.45) is 0 Å². The van der Waals surface area contributed by atoms with Crippen molar-refractivity contribution >= 4 is 29.9 Å². The standard InChI is InChI=1S/C13H10N2O3S/c16-13(14-9-4-2-1-3-5-9)11-8-10(15(17)18)6-7-12(11)19/h1-8,19H,(H,14,16). The van der Waals surface area contributed by atoms with E-state index in [1.54, 1.807) is 24.3 Å². The topological polar surface area (TPSA) is 72.2 Å². The van der Waals surface area contributed by atoms with E-state index in [4.69, 9.17) is 0 Å². The summed E-state index contributed by atoms with van der Waals surface area (Å²) in [4.78, 5) is 22.6. The van der Waals surface area contributed by atoms with E-state index in [1.807, 2.05) is 6.07 Å². The fraction of sp³-hybridized carbons (Fsp3) is 0. The van der Waals surface area contributed by atoms with Gasteiger partial charge in [0.15, 0.2) is 0 Å². The molecule has 1 amide bonds. The van der Waals surface area contributed by atoms with Crippen LogP contribution < -0.4 is 5.32 Å². The van der Waals surface area contributed by atoms with E-state index in [0.29, 0.717) is 10.6 Å². The van der Waals surface area contributed by atoms with Crippen molar-refractivity contribution < 1.29 is 9.72 Å². The Kier molecular flexibility index (Phi) is 3.82. The Labute approximate surface area is 114 Å². The summed E-state index contributed by atoms with van der Waals surface area (Å²) < 4.78 is 0. The van der Waals surface area contributed by atoms with Crippen LogP contribution in [0.5, 0.6) is 0 Å². The van der Waals surface area contributed by atoms with Crippen LogP contribution >= 0.6 is 12.6 Å². The summed E-state index contributed by atoms with van der Waals surface area (Å²) >= 11 is 4.14. The lowest BCUT2D eigenvalue weighted by molar-refractivity contribution is -0.384. The molecule has 0 atom stereocenters. The van der Waals surface area contributed by atoms with Gasteiger partial charge in [-0.1, -0.05) is 18.2 Å². The molecule has 0 heterocycles. The number of hydrogen-bond donors (Lipinski definition) is 2. The molecule has 0 radical (unpaired) electrons. The highest BCUT2D eigenvalue weighted by Gasteiger charge is 2.15. The SMILES string of the molecule is O=C(Nc1ccccc1)c1cc([N+](=O)[O-])ccc1S. The predicted octanol–water partition coefficient (Wildman–Crippen LogP) is 3.14. The molecule has 0 fully saturated rings. The summed E-state index contributed by atoms with van der Waals surface area (Å²) in [6.07, 6.45) is 0. The number of nitro groups is 1. The first kappa shape index (κ1) is 13.1. The first-order valence-corrected chi connectivity index (χ1v) is 5.86. The fourth-order valence-corrected chi connectivity index (χ4v) is 1.78. The van der Waals surface area contributed by atoms with Crippen LogP contribution in [0.2, 0.25) is 0 Å². The van der Waals surface area contributed by atoms with Crippen molar-refractivity contribution in [3.05, 3.63) is 64.2 Å². The largest absolute Gasteiger partial charge is 0.322 e. The Morgan fingerprint density at radius 2 is 1.84 bits per heavy atom. The van der Waals surface area contributed by atoms with E-state index in [-0.39, 0.29) is 11.3 Å². The van der Waals surface area contributed by atoms with Gasteiger partial charge in [0.05, 0.1) is 10.5 Å². The summed E-state index contributed by atoms with van der Waals surface area (Å²) in [5, 5.41) is 13.3. The molecular formula is C13H10N2O3S. The number of nitro benzene ring substituents is 1. The van der Waals surface area contributed by atoms with Crippen LogP contribution in [0.4, 0.5) is 11.4 Å². The molecule has 0 aliphatic heterocycles. The molecule has 6 heteroatoms. The number of anilines is 1. The summed E-state index contributed by atoms with van der Waals surface area (Å²) in [6, 6.07) is 12.8. The smallest absolute Gasteiger partial charge is 0.270 e. The second-order valence-corrected chi connectivity index (χ2v) is 4.26. The maximum atomic E-state index is 12.0. The third kappa shape index (κ3) is 3.11. The molecular weight excluding hydrogens is 264 g/mol. The molecule has 0 saturated carbocycles. The molecule has 96 valence electrons. The zero-order valence-electron chi connectivity index (χ0n) is 9.74. The molecule has 0 spiro atoms. The van der Waals surface area contributed by atoms with Crippen LogP contribution in [0.15, 0.2) is 53.4 Å². The number of para-hydroxylation sites is 1. The van der Waals surface area contributed by atoms with Gasteiger partial charge in [0, 0.05) is 22.7 Å². The summed E-state index contributed by atoms with van der Waals surface area (Å²) in [6.45, 7) is 0.